The summed E-state index contributed by atoms with van der Waals surface area (Å²) in [5, 5.41) is 6.04. The Morgan fingerprint density at radius 1 is 1.16 bits per heavy atom. The fourth-order valence-electron chi connectivity index (χ4n) is 6.92. The number of benzene rings is 1. The van der Waals surface area contributed by atoms with Gasteiger partial charge in [-0.2, -0.15) is 0 Å². The van der Waals surface area contributed by atoms with Gasteiger partial charge in [0.2, 0.25) is 5.91 Å². The van der Waals surface area contributed by atoms with Crippen LogP contribution in [0.1, 0.15) is 82.6 Å². The van der Waals surface area contributed by atoms with Gasteiger partial charge in [-0.3, -0.25) is 4.79 Å². The van der Waals surface area contributed by atoms with Crippen LogP contribution in [0.3, 0.4) is 0 Å². The largest absolute Gasteiger partial charge is 0.384 e. The maximum absolute atomic E-state index is 14.8. The van der Waals surface area contributed by atoms with E-state index in [0.717, 1.165) is 42.9 Å². The summed E-state index contributed by atoms with van der Waals surface area (Å²) in [4.78, 5) is 14.4. The predicted molar refractivity (Wildman–Crippen MR) is 142 cm³/mol. The molecule has 3 aliphatic carbocycles. The van der Waals surface area contributed by atoms with Crippen LogP contribution in [0.4, 0.5) is 14.5 Å². The SMILES string of the molecule is C=CNC1(C)CN(c2cc(F)c(C3CCC(=C4CCC4)NC3=O)c(F)c2)C1.COCC1CC2(CCC2)C1. The van der Waals surface area contributed by atoms with E-state index < -0.39 is 17.6 Å². The summed E-state index contributed by atoms with van der Waals surface area (Å²) in [6.07, 6.45) is 13.4. The summed E-state index contributed by atoms with van der Waals surface area (Å²) < 4.78 is 34.7. The topological polar surface area (TPSA) is 53.6 Å². The summed E-state index contributed by atoms with van der Waals surface area (Å²) >= 11 is 0. The van der Waals surface area contributed by atoms with Gasteiger partial charge in [0, 0.05) is 43.8 Å². The molecule has 0 bridgehead atoms. The van der Waals surface area contributed by atoms with Crippen molar-refractivity contribution in [2.24, 2.45) is 11.3 Å². The zero-order valence-electron chi connectivity index (χ0n) is 22.3. The minimum atomic E-state index is -0.771. The summed E-state index contributed by atoms with van der Waals surface area (Å²) in [6.45, 7) is 7.97. The van der Waals surface area contributed by atoms with Gasteiger partial charge in [0.1, 0.15) is 11.6 Å². The Morgan fingerprint density at radius 2 is 1.84 bits per heavy atom. The van der Waals surface area contributed by atoms with Gasteiger partial charge in [0.25, 0.3) is 0 Å². The Balaban J connectivity index is 0.000000233. The van der Waals surface area contributed by atoms with Crippen LogP contribution in [0.15, 0.2) is 36.2 Å². The Hall–Kier alpha value is -2.41. The number of halogens is 2. The summed E-state index contributed by atoms with van der Waals surface area (Å²) in [5.41, 5.74) is 3.35. The van der Waals surface area contributed by atoms with E-state index in [-0.39, 0.29) is 17.0 Å². The van der Waals surface area contributed by atoms with Crippen LogP contribution in [0.25, 0.3) is 0 Å². The maximum atomic E-state index is 14.8. The lowest BCUT2D eigenvalue weighted by Gasteiger charge is -2.54. The molecule has 5 fully saturated rings. The molecule has 2 N–H and O–H groups in total. The Labute approximate surface area is 219 Å². The van der Waals surface area contributed by atoms with Crippen molar-refractivity contribution in [3.8, 4) is 0 Å². The summed E-state index contributed by atoms with van der Waals surface area (Å²) in [5.74, 6) is -1.45. The minimum absolute atomic E-state index is 0.110. The summed E-state index contributed by atoms with van der Waals surface area (Å²) in [7, 11) is 1.81. The van der Waals surface area contributed by atoms with Crippen LogP contribution < -0.4 is 15.5 Å². The zero-order chi connectivity index (χ0) is 26.2. The van der Waals surface area contributed by atoms with Gasteiger partial charge < -0.3 is 20.3 Å². The number of carbonyl (C=O) groups excluding carboxylic acids is 1. The van der Waals surface area contributed by atoms with E-state index in [1.54, 1.807) is 6.20 Å². The van der Waals surface area contributed by atoms with Crippen LogP contribution in [-0.4, -0.2) is 38.3 Å². The van der Waals surface area contributed by atoms with Gasteiger partial charge in [-0.25, -0.2) is 8.78 Å². The lowest BCUT2D eigenvalue weighted by atomic mass is 9.52. The molecule has 3 saturated carbocycles. The monoisotopic (exact) mass is 513 g/mol. The number of amides is 1. The number of allylic oxidation sites excluding steroid dienone is 2. The first kappa shape index (κ1) is 26.2. The highest BCUT2D eigenvalue weighted by atomic mass is 19.1. The molecule has 0 radical (unpaired) electrons. The molecule has 1 aromatic carbocycles. The van der Waals surface area contributed by atoms with Gasteiger partial charge in [0.05, 0.1) is 11.5 Å². The van der Waals surface area contributed by atoms with Crippen LogP contribution in [0.2, 0.25) is 0 Å². The molecule has 37 heavy (non-hydrogen) atoms. The number of methoxy groups -OCH3 is 1. The molecular weight excluding hydrogens is 472 g/mol. The smallest absolute Gasteiger partial charge is 0.231 e. The first-order valence-electron chi connectivity index (χ1n) is 13.9. The molecule has 2 heterocycles. The standard InChI is InChI=1S/C21H25F2N3O.C9H16O/c1-3-24-21(2)11-26(12-21)14-9-16(22)19(17(23)10-14)15-7-8-18(25-20(15)27)13-5-4-6-13;1-10-7-8-5-9(6-8)3-2-4-9/h3,9-10,15,24H,1,4-8,11-12H2,2H3,(H,25,27);8H,2-7H2,1H3. The Bertz CT molecular complexity index is 1040. The van der Waals surface area contributed by atoms with Gasteiger partial charge in [-0.15, -0.1) is 0 Å². The van der Waals surface area contributed by atoms with Crippen molar-refractivity contribution in [1.82, 2.24) is 10.6 Å². The molecule has 1 aromatic rings. The van der Waals surface area contributed by atoms with Crippen molar-refractivity contribution in [3.63, 3.8) is 0 Å². The number of ether oxygens (including phenoxy) is 1. The third kappa shape index (κ3) is 5.29. The average Bonchev–Trinajstić information content (AvgIpc) is 2.73. The molecule has 2 saturated heterocycles. The lowest BCUT2D eigenvalue weighted by molar-refractivity contribution is -0.123. The number of nitrogens with zero attached hydrogens (tertiary/aromatic N) is 1. The third-order valence-corrected chi connectivity index (χ3v) is 9.23. The molecule has 1 amide bonds. The van der Waals surface area contributed by atoms with E-state index in [4.69, 9.17) is 4.74 Å². The number of piperidine rings is 1. The second kappa shape index (κ2) is 10.4. The second-order valence-electron chi connectivity index (χ2n) is 12.2. The quantitative estimate of drug-likeness (QED) is 0.496. The van der Waals surface area contributed by atoms with Crippen molar-refractivity contribution < 1.29 is 18.3 Å². The highest BCUT2D eigenvalue weighted by Gasteiger charge is 2.47. The highest BCUT2D eigenvalue weighted by Crippen LogP contribution is 2.58. The molecule has 0 aromatic heterocycles. The van der Waals surface area contributed by atoms with E-state index in [9.17, 15) is 13.6 Å². The van der Waals surface area contributed by atoms with Crippen molar-refractivity contribution in [3.05, 3.63) is 53.4 Å². The lowest BCUT2D eigenvalue weighted by Crippen LogP contribution is -2.66. The van der Waals surface area contributed by atoms with Crippen molar-refractivity contribution >= 4 is 11.6 Å². The van der Waals surface area contributed by atoms with E-state index in [0.29, 0.717) is 31.6 Å². The van der Waals surface area contributed by atoms with Gasteiger partial charge in [0.15, 0.2) is 0 Å². The number of nitrogens with one attached hydrogen (secondary N) is 2. The second-order valence-corrected chi connectivity index (χ2v) is 12.2. The average molecular weight is 514 g/mol. The normalized spacial score (nSPS) is 25.6. The fraction of sp³-hybridized carbons (Fsp3) is 0.633. The number of hydrogen-bond acceptors (Lipinski definition) is 4. The van der Waals surface area contributed by atoms with Crippen LogP contribution in [0.5, 0.6) is 0 Å². The van der Waals surface area contributed by atoms with Gasteiger partial charge in [-0.1, -0.05) is 18.6 Å². The third-order valence-electron chi connectivity index (χ3n) is 9.23. The van der Waals surface area contributed by atoms with E-state index >= 15 is 0 Å². The molecule has 5 aliphatic rings. The summed E-state index contributed by atoms with van der Waals surface area (Å²) in [6, 6.07) is 2.69. The van der Waals surface area contributed by atoms with E-state index in [1.807, 2.05) is 18.9 Å². The first-order chi connectivity index (χ1) is 17.7. The molecule has 7 heteroatoms. The van der Waals surface area contributed by atoms with E-state index in [1.165, 1.54) is 49.8 Å². The van der Waals surface area contributed by atoms with Crippen LogP contribution >= 0.6 is 0 Å². The minimum Gasteiger partial charge on any atom is -0.384 e. The fourth-order valence-corrected chi connectivity index (χ4v) is 6.92. The van der Waals surface area contributed by atoms with Gasteiger partial charge in [-0.05, 0) is 94.4 Å². The molecular formula is C30H41F2N3O2. The zero-order valence-corrected chi connectivity index (χ0v) is 22.3. The molecule has 1 unspecified atom stereocenters. The molecule has 5 nitrogen and oxygen atoms in total. The van der Waals surface area contributed by atoms with Crippen LogP contribution in [0, 0.1) is 23.0 Å². The van der Waals surface area contributed by atoms with Crippen molar-refractivity contribution in [1.29, 1.82) is 0 Å². The number of carbonyl (C=O) groups is 1. The Morgan fingerprint density at radius 3 is 2.32 bits per heavy atom. The van der Waals surface area contributed by atoms with E-state index in [2.05, 4.69) is 17.2 Å². The molecule has 1 spiro atoms. The highest BCUT2D eigenvalue weighted by molar-refractivity contribution is 5.86. The number of rotatable bonds is 6. The van der Waals surface area contributed by atoms with Crippen molar-refractivity contribution in [2.75, 3.05) is 31.7 Å². The molecule has 1 atom stereocenters. The predicted octanol–water partition coefficient (Wildman–Crippen LogP) is 5.92. The molecule has 2 aliphatic heterocycles. The van der Waals surface area contributed by atoms with Crippen molar-refractivity contribution in [2.45, 2.75) is 82.6 Å². The van der Waals surface area contributed by atoms with Gasteiger partial charge >= 0.3 is 0 Å². The van der Waals surface area contributed by atoms with Crippen LogP contribution in [-0.2, 0) is 9.53 Å². The Kier molecular flexibility index (Phi) is 7.36. The molecule has 6 rings (SSSR count). The number of hydrogen-bond donors (Lipinski definition) is 2. The molecule has 202 valence electrons. The first-order valence-corrected chi connectivity index (χ1v) is 13.9. The number of anilines is 1. The maximum Gasteiger partial charge on any atom is 0.231 e.